The maximum Gasteiger partial charge on any atom is 0.290 e. The molecule has 3 aromatic rings. The van der Waals surface area contributed by atoms with E-state index in [1.165, 1.54) is 6.26 Å². The number of likely N-dealkylation sites (tertiary alicyclic amines) is 1. The molecule has 0 saturated carbocycles. The molecule has 1 aliphatic heterocycles. The highest BCUT2D eigenvalue weighted by molar-refractivity contribution is 5.95. The largest absolute Gasteiger partial charge is 0.459 e. The molecule has 1 atom stereocenters. The molecule has 0 aliphatic carbocycles. The van der Waals surface area contributed by atoms with Gasteiger partial charge in [-0.25, -0.2) is 0 Å². The van der Waals surface area contributed by atoms with Crippen molar-refractivity contribution in [1.29, 1.82) is 0 Å². The van der Waals surface area contributed by atoms with Crippen molar-refractivity contribution in [3.63, 3.8) is 0 Å². The smallest absolute Gasteiger partial charge is 0.290 e. The average Bonchev–Trinajstić information content (AvgIpc) is 3.45. The number of carbonyl (C=O) groups is 2. The minimum Gasteiger partial charge on any atom is -0.459 e. The third-order valence-corrected chi connectivity index (χ3v) is 4.89. The summed E-state index contributed by atoms with van der Waals surface area (Å²) in [5.41, 5.74) is 0.925. The Labute approximate surface area is 169 Å². The molecule has 1 aromatic heterocycles. The number of ether oxygens (including phenoxy) is 1. The van der Waals surface area contributed by atoms with Gasteiger partial charge in [0.15, 0.2) is 5.76 Å². The van der Waals surface area contributed by atoms with Crippen LogP contribution in [0.2, 0.25) is 0 Å². The maximum atomic E-state index is 12.7. The number of benzene rings is 2. The van der Waals surface area contributed by atoms with Crippen LogP contribution in [0.1, 0.15) is 29.0 Å². The number of nitrogens with one attached hydrogen (secondary N) is 1. The van der Waals surface area contributed by atoms with Crippen LogP contribution in [0, 0.1) is 0 Å². The van der Waals surface area contributed by atoms with Gasteiger partial charge in [-0.2, -0.15) is 0 Å². The quantitative estimate of drug-likeness (QED) is 0.691. The first kappa shape index (κ1) is 18.8. The van der Waals surface area contributed by atoms with Crippen LogP contribution < -0.4 is 10.1 Å². The number of rotatable bonds is 6. The molecular formula is C23H22N2O4. The molecule has 0 bridgehead atoms. The lowest BCUT2D eigenvalue weighted by Crippen LogP contribution is -2.45. The first-order valence-corrected chi connectivity index (χ1v) is 9.65. The van der Waals surface area contributed by atoms with Crippen molar-refractivity contribution in [3.05, 3.63) is 84.3 Å². The minimum absolute atomic E-state index is 0.156. The zero-order chi connectivity index (χ0) is 20.1. The molecule has 0 spiro atoms. The standard InChI is InChI=1S/C23H22N2O4/c26-22(20-11-5-13-25(20)23(27)21-12-6-14-28-21)24-16-17-7-4-10-19(15-17)29-18-8-2-1-3-9-18/h1-4,6-10,12,14-15,20H,5,11,13,16H2,(H,24,26)/t20-/m1/s1. The van der Waals surface area contributed by atoms with E-state index in [-0.39, 0.29) is 17.6 Å². The highest BCUT2D eigenvalue weighted by Gasteiger charge is 2.35. The van der Waals surface area contributed by atoms with Gasteiger partial charge >= 0.3 is 0 Å². The Bertz CT molecular complexity index is 970. The minimum atomic E-state index is -0.476. The normalized spacial score (nSPS) is 15.9. The lowest BCUT2D eigenvalue weighted by molar-refractivity contribution is -0.125. The Kier molecular flexibility index (Phi) is 5.61. The molecule has 0 radical (unpaired) electrons. The zero-order valence-electron chi connectivity index (χ0n) is 15.9. The van der Waals surface area contributed by atoms with Gasteiger partial charge in [-0.15, -0.1) is 0 Å². The molecule has 2 heterocycles. The van der Waals surface area contributed by atoms with Crippen molar-refractivity contribution in [2.24, 2.45) is 0 Å². The second-order valence-corrected chi connectivity index (χ2v) is 6.91. The number of carbonyl (C=O) groups excluding carboxylic acids is 2. The van der Waals surface area contributed by atoms with Gasteiger partial charge < -0.3 is 19.4 Å². The van der Waals surface area contributed by atoms with Crippen LogP contribution >= 0.6 is 0 Å². The second kappa shape index (κ2) is 8.65. The predicted molar refractivity (Wildman–Crippen MR) is 108 cm³/mol. The van der Waals surface area contributed by atoms with Gasteiger partial charge in [0.2, 0.25) is 5.91 Å². The van der Waals surface area contributed by atoms with E-state index in [0.717, 1.165) is 17.7 Å². The Morgan fingerprint density at radius 2 is 1.86 bits per heavy atom. The number of amides is 2. The first-order valence-electron chi connectivity index (χ1n) is 9.65. The summed E-state index contributed by atoms with van der Waals surface area (Å²) in [4.78, 5) is 26.8. The van der Waals surface area contributed by atoms with Gasteiger partial charge in [-0.3, -0.25) is 9.59 Å². The van der Waals surface area contributed by atoms with E-state index < -0.39 is 6.04 Å². The highest BCUT2D eigenvalue weighted by atomic mass is 16.5. The van der Waals surface area contributed by atoms with E-state index >= 15 is 0 Å². The average molecular weight is 390 g/mol. The summed E-state index contributed by atoms with van der Waals surface area (Å²) >= 11 is 0. The van der Waals surface area contributed by atoms with Gasteiger partial charge in [-0.05, 0) is 54.8 Å². The number of nitrogens with zero attached hydrogens (tertiary/aromatic N) is 1. The summed E-state index contributed by atoms with van der Waals surface area (Å²) in [5, 5.41) is 2.94. The van der Waals surface area contributed by atoms with Gasteiger partial charge in [-0.1, -0.05) is 30.3 Å². The Balaban J connectivity index is 1.37. The first-order chi connectivity index (χ1) is 14.2. The Morgan fingerprint density at radius 1 is 1.03 bits per heavy atom. The third kappa shape index (κ3) is 4.48. The van der Waals surface area contributed by atoms with E-state index in [9.17, 15) is 9.59 Å². The summed E-state index contributed by atoms with van der Waals surface area (Å²) in [6, 6.07) is 19.9. The summed E-state index contributed by atoms with van der Waals surface area (Å²) in [6.45, 7) is 0.919. The molecule has 6 nitrogen and oxygen atoms in total. The van der Waals surface area contributed by atoms with Crippen LogP contribution in [0.3, 0.4) is 0 Å². The van der Waals surface area contributed by atoms with Gasteiger partial charge in [0.05, 0.1) is 6.26 Å². The van der Waals surface area contributed by atoms with Crippen LogP contribution in [-0.2, 0) is 11.3 Å². The van der Waals surface area contributed by atoms with Crippen LogP contribution in [0.15, 0.2) is 77.4 Å². The summed E-state index contributed by atoms with van der Waals surface area (Å²) in [7, 11) is 0. The topological polar surface area (TPSA) is 71.8 Å². The monoisotopic (exact) mass is 390 g/mol. The summed E-state index contributed by atoms with van der Waals surface area (Å²) < 4.78 is 11.0. The molecule has 29 heavy (non-hydrogen) atoms. The Morgan fingerprint density at radius 3 is 2.66 bits per heavy atom. The lowest BCUT2D eigenvalue weighted by Gasteiger charge is -2.23. The SMILES string of the molecule is O=C(NCc1cccc(Oc2ccccc2)c1)[C@H]1CCCN1C(=O)c1ccco1. The maximum absolute atomic E-state index is 12.7. The molecular weight excluding hydrogens is 368 g/mol. The molecule has 4 rings (SSSR count). The van der Waals surface area contributed by atoms with Gasteiger partial charge in [0.1, 0.15) is 17.5 Å². The molecule has 0 unspecified atom stereocenters. The number of hydrogen-bond acceptors (Lipinski definition) is 4. The molecule has 2 aromatic carbocycles. The molecule has 1 fully saturated rings. The predicted octanol–water partition coefficient (Wildman–Crippen LogP) is 3.99. The van der Waals surface area contributed by atoms with Gasteiger partial charge in [0, 0.05) is 13.1 Å². The van der Waals surface area contributed by atoms with E-state index in [1.54, 1.807) is 17.0 Å². The number of hydrogen-bond donors (Lipinski definition) is 1. The molecule has 1 saturated heterocycles. The van der Waals surface area contributed by atoms with Gasteiger partial charge in [0.25, 0.3) is 5.91 Å². The molecule has 1 aliphatic rings. The fourth-order valence-electron chi connectivity index (χ4n) is 3.47. The Hall–Kier alpha value is -3.54. The van der Waals surface area contributed by atoms with Crippen molar-refractivity contribution in [2.75, 3.05) is 6.54 Å². The molecule has 148 valence electrons. The van der Waals surface area contributed by atoms with Crippen LogP contribution in [-0.4, -0.2) is 29.3 Å². The van der Waals surface area contributed by atoms with Crippen LogP contribution in [0.25, 0.3) is 0 Å². The van der Waals surface area contributed by atoms with Crippen molar-refractivity contribution in [1.82, 2.24) is 10.2 Å². The van der Waals surface area contributed by atoms with Crippen molar-refractivity contribution >= 4 is 11.8 Å². The van der Waals surface area contributed by atoms with E-state index in [4.69, 9.17) is 9.15 Å². The second-order valence-electron chi connectivity index (χ2n) is 6.91. The van der Waals surface area contributed by atoms with Crippen molar-refractivity contribution < 1.29 is 18.7 Å². The van der Waals surface area contributed by atoms with E-state index in [1.807, 2.05) is 54.6 Å². The van der Waals surface area contributed by atoms with E-state index in [0.29, 0.717) is 25.3 Å². The number of furan rings is 1. The highest BCUT2D eigenvalue weighted by Crippen LogP contribution is 2.23. The summed E-state index contributed by atoms with van der Waals surface area (Å²) in [6.07, 6.45) is 2.91. The van der Waals surface area contributed by atoms with E-state index in [2.05, 4.69) is 5.32 Å². The molecule has 6 heteroatoms. The lowest BCUT2D eigenvalue weighted by atomic mass is 10.1. The van der Waals surface area contributed by atoms with Crippen LogP contribution in [0.4, 0.5) is 0 Å². The number of para-hydroxylation sites is 1. The van der Waals surface area contributed by atoms with Crippen LogP contribution in [0.5, 0.6) is 11.5 Å². The summed E-state index contributed by atoms with van der Waals surface area (Å²) in [5.74, 6) is 1.32. The fraction of sp³-hybridized carbons (Fsp3) is 0.217. The molecule has 2 amide bonds. The zero-order valence-corrected chi connectivity index (χ0v) is 15.9. The third-order valence-electron chi connectivity index (χ3n) is 4.89. The fourth-order valence-corrected chi connectivity index (χ4v) is 3.47. The van der Waals surface area contributed by atoms with Crippen molar-refractivity contribution in [3.8, 4) is 11.5 Å². The van der Waals surface area contributed by atoms with Crippen molar-refractivity contribution in [2.45, 2.75) is 25.4 Å². The molecule has 1 N–H and O–H groups in total.